The lowest BCUT2D eigenvalue weighted by atomic mass is 10.1. The fourth-order valence-corrected chi connectivity index (χ4v) is 1.59. The quantitative estimate of drug-likeness (QED) is 0.482. The number of benzene rings is 1. The molecule has 0 amide bonds. The summed E-state index contributed by atoms with van der Waals surface area (Å²) in [6, 6.07) is 6.87. The third-order valence-corrected chi connectivity index (χ3v) is 2.45. The van der Waals surface area contributed by atoms with Crippen molar-refractivity contribution in [2.24, 2.45) is 0 Å². The Morgan fingerprint density at radius 1 is 1.39 bits per heavy atom. The van der Waals surface area contributed by atoms with Crippen molar-refractivity contribution in [2.75, 3.05) is 5.32 Å². The number of para-hydroxylation sites is 2. The number of hydrogen-bond acceptors (Lipinski definition) is 3. The van der Waals surface area contributed by atoms with Gasteiger partial charge in [0, 0.05) is 11.8 Å². The van der Waals surface area contributed by atoms with Gasteiger partial charge in [0.1, 0.15) is 5.75 Å². The van der Waals surface area contributed by atoms with Crippen molar-refractivity contribution >= 4 is 11.5 Å². The highest BCUT2D eigenvalue weighted by Gasteiger charge is 2.06. The Hall–Kier alpha value is -2.51. The predicted molar refractivity (Wildman–Crippen MR) is 71.2 cm³/mol. The highest BCUT2D eigenvalue weighted by molar-refractivity contribution is 6.06. The van der Waals surface area contributed by atoms with Crippen LogP contribution in [0.2, 0.25) is 0 Å². The maximum atomic E-state index is 11.8. The van der Waals surface area contributed by atoms with Crippen LogP contribution < -0.4 is 5.32 Å². The Morgan fingerprint density at radius 2 is 2.17 bits per heavy atom. The summed E-state index contributed by atoms with van der Waals surface area (Å²) < 4.78 is 0. The number of phenols is 1. The van der Waals surface area contributed by atoms with Crippen molar-refractivity contribution < 1.29 is 9.90 Å². The fourth-order valence-electron chi connectivity index (χ4n) is 1.59. The molecule has 1 aliphatic rings. The number of aromatic hydroxyl groups is 1. The molecule has 0 radical (unpaired) electrons. The van der Waals surface area contributed by atoms with Crippen LogP contribution in [0.3, 0.4) is 0 Å². The number of anilines is 1. The first-order valence-corrected chi connectivity index (χ1v) is 5.58. The molecule has 1 aromatic rings. The molecule has 3 nitrogen and oxygen atoms in total. The van der Waals surface area contributed by atoms with Crippen molar-refractivity contribution in [3.05, 3.63) is 65.6 Å². The van der Waals surface area contributed by atoms with E-state index in [4.69, 9.17) is 0 Å². The normalized spacial score (nSPS) is 13.6. The van der Waals surface area contributed by atoms with Crippen LogP contribution in [0.1, 0.15) is 6.92 Å². The molecular formula is C15H13NO2. The zero-order valence-electron chi connectivity index (χ0n) is 9.97. The Morgan fingerprint density at radius 3 is 2.83 bits per heavy atom. The van der Waals surface area contributed by atoms with E-state index in [0.29, 0.717) is 17.0 Å². The van der Waals surface area contributed by atoms with Gasteiger partial charge in [0.25, 0.3) is 0 Å². The summed E-state index contributed by atoms with van der Waals surface area (Å²) >= 11 is 0. The lowest BCUT2D eigenvalue weighted by molar-refractivity contribution is -0.111. The van der Waals surface area contributed by atoms with Gasteiger partial charge >= 0.3 is 0 Å². The number of ketones is 1. The minimum absolute atomic E-state index is 0.111. The highest BCUT2D eigenvalue weighted by atomic mass is 16.3. The number of phenolic OH excluding ortho intramolecular Hbond substituents is 1. The summed E-state index contributed by atoms with van der Waals surface area (Å²) in [5.41, 5.74) is 4.62. The van der Waals surface area contributed by atoms with Crippen molar-refractivity contribution in [3.8, 4) is 5.75 Å². The molecule has 0 unspecified atom stereocenters. The Bertz CT molecular complexity index is 603. The van der Waals surface area contributed by atoms with Crippen molar-refractivity contribution in [1.82, 2.24) is 0 Å². The van der Waals surface area contributed by atoms with Crippen molar-refractivity contribution in [1.29, 1.82) is 0 Å². The minimum Gasteiger partial charge on any atom is -0.506 e. The molecule has 2 N–H and O–H groups in total. The molecule has 1 aliphatic carbocycles. The van der Waals surface area contributed by atoms with E-state index in [9.17, 15) is 9.90 Å². The van der Waals surface area contributed by atoms with Crippen LogP contribution in [0, 0.1) is 0 Å². The van der Waals surface area contributed by atoms with Gasteiger partial charge in [0.05, 0.1) is 11.3 Å². The van der Waals surface area contributed by atoms with Crippen LogP contribution >= 0.6 is 0 Å². The smallest absolute Gasteiger partial charge is 0.195 e. The fraction of sp³-hybridized carbons (Fsp3) is 0.0667. The molecule has 0 fully saturated rings. The SMILES string of the molecule is C/C(=C\C(=O)C1=C=CC=C1)Nc1ccccc1O. The number of allylic oxidation sites excluding steroid dienone is 5. The van der Waals surface area contributed by atoms with Crippen LogP contribution in [-0.4, -0.2) is 10.9 Å². The van der Waals surface area contributed by atoms with Crippen LogP contribution in [0.5, 0.6) is 5.75 Å². The Kier molecular flexibility index (Phi) is 3.46. The molecule has 0 atom stereocenters. The van der Waals surface area contributed by atoms with Gasteiger partial charge in [-0.3, -0.25) is 4.79 Å². The maximum absolute atomic E-state index is 11.8. The summed E-state index contributed by atoms with van der Waals surface area (Å²) in [6.45, 7) is 1.77. The van der Waals surface area contributed by atoms with Gasteiger partial charge in [-0.25, -0.2) is 0 Å². The first-order chi connectivity index (χ1) is 8.66. The van der Waals surface area contributed by atoms with Gasteiger partial charge in [-0.1, -0.05) is 18.2 Å². The van der Waals surface area contributed by atoms with E-state index in [2.05, 4.69) is 11.0 Å². The largest absolute Gasteiger partial charge is 0.506 e. The molecule has 0 saturated heterocycles. The molecular weight excluding hydrogens is 226 g/mol. The van der Waals surface area contributed by atoms with Gasteiger partial charge in [-0.05, 0) is 31.2 Å². The topological polar surface area (TPSA) is 49.3 Å². The first-order valence-electron chi connectivity index (χ1n) is 5.58. The summed E-state index contributed by atoms with van der Waals surface area (Å²) in [7, 11) is 0. The molecule has 0 spiro atoms. The van der Waals surface area contributed by atoms with Crippen molar-refractivity contribution in [3.63, 3.8) is 0 Å². The average molecular weight is 239 g/mol. The highest BCUT2D eigenvalue weighted by Crippen LogP contribution is 2.23. The number of rotatable bonds is 4. The molecule has 1 aromatic carbocycles. The summed E-state index contributed by atoms with van der Waals surface area (Å²) in [6.07, 6.45) is 6.67. The van der Waals surface area contributed by atoms with Gasteiger partial charge in [-0.2, -0.15) is 0 Å². The van der Waals surface area contributed by atoms with E-state index in [-0.39, 0.29) is 11.5 Å². The van der Waals surface area contributed by atoms with E-state index in [1.807, 2.05) is 6.07 Å². The second-order valence-corrected chi connectivity index (χ2v) is 3.92. The van der Waals surface area contributed by atoms with E-state index in [1.165, 1.54) is 6.08 Å². The molecule has 0 bridgehead atoms. The molecule has 2 rings (SSSR count). The lowest BCUT2D eigenvalue weighted by Gasteiger charge is -2.07. The molecule has 0 aliphatic heterocycles. The predicted octanol–water partition coefficient (Wildman–Crippen LogP) is 2.93. The summed E-state index contributed by atoms with van der Waals surface area (Å²) in [5.74, 6) is 0.0398. The average Bonchev–Trinajstić information content (AvgIpc) is 2.85. The van der Waals surface area contributed by atoms with Crippen LogP contribution in [0.15, 0.2) is 65.6 Å². The van der Waals surface area contributed by atoms with E-state index in [1.54, 1.807) is 43.4 Å². The maximum Gasteiger partial charge on any atom is 0.195 e. The van der Waals surface area contributed by atoms with Gasteiger partial charge in [0.2, 0.25) is 0 Å². The number of carbonyl (C=O) groups excluding carboxylic acids is 1. The number of nitrogens with one attached hydrogen (secondary N) is 1. The molecule has 18 heavy (non-hydrogen) atoms. The second-order valence-electron chi connectivity index (χ2n) is 3.92. The lowest BCUT2D eigenvalue weighted by Crippen LogP contribution is -2.01. The monoisotopic (exact) mass is 239 g/mol. The van der Waals surface area contributed by atoms with Crippen LogP contribution in [0.25, 0.3) is 0 Å². The minimum atomic E-state index is -0.111. The molecule has 0 heterocycles. The molecule has 3 heteroatoms. The zero-order chi connectivity index (χ0) is 13.0. The molecule has 0 aromatic heterocycles. The third-order valence-electron chi connectivity index (χ3n) is 2.45. The third kappa shape index (κ3) is 2.78. The molecule has 90 valence electrons. The van der Waals surface area contributed by atoms with Gasteiger partial charge in [-0.15, -0.1) is 5.73 Å². The standard InChI is InChI=1S/C15H13NO2/c1-11(10-15(18)12-6-2-3-7-12)16-13-8-4-5-9-14(13)17/h2-6,8-10,16-17H,1H3/b11-10+. The Labute approximate surface area is 105 Å². The number of carbonyl (C=O) groups is 1. The van der Waals surface area contributed by atoms with Crippen LogP contribution in [-0.2, 0) is 4.79 Å². The molecule has 0 saturated carbocycles. The van der Waals surface area contributed by atoms with E-state index < -0.39 is 0 Å². The summed E-state index contributed by atoms with van der Waals surface area (Å²) in [4.78, 5) is 11.8. The zero-order valence-corrected chi connectivity index (χ0v) is 9.97. The van der Waals surface area contributed by atoms with E-state index in [0.717, 1.165) is 0 Å². The van der Waals surface area contributed by atoms with Crippen molar-refractivity contribution in [2.45, 2.75) is 6.92 Å². The first kappa shape index (κ1) is 12.0. The van der Waals surface area contributed by atoms with Gasteiger partial charge in [0.15, 0.2) is 5.78 Å². The van der Waals surface area contributed by atoms with E-state index >= 15 is 0 Å². The van der Waals surface area contributed by atoms with Crippen LogP contribution in [0.4, 0.5) is 5.69 Å². The second kappa shape index (κ2) is 5.21. The van der Waals surface area contributed by atoms with Gasteiger partial charge < -0.3 is 10.4 Å². The Balaban J connectivity index is 2.11. The number of hydrogen-bond donors (Lipinski definition) is 2. The summed E-state index contributed by atoms with van der Waals surface area (Å²) in [5, 5.41) is 12.6.